The normalized spacial score (nSPS) is 21.7. The van der Waals surface area contributed by atoms with Crippen LogP contribution in [-0.2, 0) is 11.3 Å². The second-order valence-corrected chi connectivity index (χ2v) is 6.25. The Morgan fingerprint density at radius 2 is 2.10 bits per heavy atom. The lowest BCUT2D eigenvalue weighted by Gasteiger charge is -2.43. The van der Waals surface area contributed by atoms with Gasteiger partial charge in [-0.2, -0.15) is 0 Å². The fraction of sp³-hybridized carbons (Fsp3) is 0.562. The molecule has 1 aromatic rings. The van der Waals surface area contributed by atoms with Crippen molar-refractivity contribution in [2.75, 3.05) is 18.0 Å². The highest BCUT2D eigenvalue weighted by Gasteiger charge is 2.38. The van der Waals surface area contributed by atoms with E-state index in [0.717, 1.165) is 13.1 Å². The van der Waals surface area contributed by atoms with Gasteiger partial charge in [-0.05, 0) is 38.3 Å². The lowest BCUT2D eigenvalue weighted by atomic mass is 9.96. The molecule has 1 amide bonds. The summed E-state index contributed by atoms with van der Waals surface area (Å²) in [4.78, 5) is 14.4. The molecule has 0 radical (unpaired) electrons. The first-order valence-electron chi connectivity index (χ1n) is 7.46. The Balaban J connectivity index is 1.85. The van der Waals surface area contributed by atoms with Crippen molar-refractivity contribution in [2.24, 2.45) is 0 Å². The third-order valence-corrected chi connectivity index (χ3v) is 4.29. The molecule has 0 spiro atoms. The number of nitrogens with one attached hydrogen (secondary N) is 2. The zero-order valence-corrected chi connectivity index (χ0v) is 12.3. The van der Waals surface area contributed by atoms with Gasteiger partial charge in [0, 0.05) is 31.4 Å². The molecule has 1 aliphatic heterocycles. The van der Waals surface area contributed by atoms with E-state index in [1.165, 1.54) is 24.1 Å². The molecule has 3 rings (SSSR count). The van der Waals surface area contributed by atoms with Crippen molar-refractivity contribution >= 4 is 11.6 Å². The molecule has 0 unspecified atom stereocenters. The molecule has 4 nitrogen and oxygen atoms in total. The summed E-state index contributed by atoms with van der Waals surface area (Å²) in [5.74, 6) is 0.105. The summed E-state index contributed by atoms with van der Waals surface area (Å²) < 4.78 is 0. The molecule has 2 fully saturated rings. The third kappa shape index (κ3) is 2.52. The van der Waals surface area contributed by atoms with Gasteiger partial charge in [0.05, 0.1) is 0 Å². The Kier molecular flexibility index (Phi) is 3.42. The number of carbonyl (C=O) groups is 1. The maximum atomic E-state index is 12.1. The van der Waals surface area contributed by atoms with E-state index >= 15 is 0 Å². The summed E-state index contributed by atoms with van der Waals surface area (Å²) in [5.41, 5.74) is 1.97. The van der Waals surface area contributed by atoms with E-state index in [9.17, 15) is 4.79 Å². The largest absolute Gasteiger partial charge is 0.355 e. The highest BCUT2D eigenvalue weighted by molar-refractivity contribution is 5.90. The molecule has 2 aliphatic rings. The zero-order valence-electron chi connectivity index (χ0n) is 12.3. The topological polar surface area (TPSA) is 44.4 Å². The number of hydrogen-bond acceptors (Lipinski definition) is 3. The van der Waals surface area contributed by atoms with Crippen molar-refractivity contribution < 1.29 is 4.79 Å². The minimum atomic E-state index is -0.492. The summed E-state index contributed by atoms with van der Waals surface area (Å²) in [5, 5.41) is 6.52. The Morgan fingerprint density at radius 1 is 1.35 bits per heavy atom. The maximum Gasteiger partial charge on any atom is 0.245 e. The highest BCUT2D eigenvalue weighted by Crippen LogP contribution is 2.30. The lowest BCUT2D eigenvalue weighted by Crippen LogP contribution is -2.62. The van der Waals surface area contributed by atoms with E-state index in [-0.39, 0.29) is 5.91 Å². The molecule has 2 N–H and O–H groups in total. The number of para-hydroxylation sites is 1. The van der Waals surface area contributed by atoms with E-state index < -0.39 is 5.54 Å². The Labute approximate surface area is 120 Å². The van der Waals surface area contributed by atoms with Crippen LogP contribution in [0.2, 0.25) is 0 Å². The molecule has 108 valence electrons. The van der Waals surface area contributed by atoms with Crippen LogP contribution >= 0.6 is 0 Å². The van der Waals surface area contributed by atoms with E-state index in [1.54, 1.807) is 0 Å². The van der Waals surface area contributed by atoms with Crippen LogP contribution in [0.25, 0.3) is 0 Å². The standard InChI is InChI=1S/C16H23N3O/c1-16(2)15(20)17-9-10-19(16)14-6-4-3-5-12(14)11-18-13-7-8-13/h3-6,13,18H,7-11H2,1-2H3,(H,17,20). The fourth-order valence-electron chi connectivity index (χ4n) is 2.79. The van der Waals surface area contributed by atoms with Gasteiger partial charge < -0.3 is 15.5 Å². The van der Waals surface area contributed by atoms with Gasteiger partial charge in [0.2, 0.25) is 5.91 Å². The van der Waals surface area contributed by atoms with Crippen LogP contribution in [0.5, 0.6) is 0 Å². The van der Waals surface area contributed by atoms with Crippen molar-refractivity contribution in [1.82, 2.24) is 10.6 Å². The average molecular weight is 273 g/mol. The predicted molar refractivity (Wildman–Crippen MR) is 80.7 cm³/mol. The SMILES string of the molecule is CC1(C)C(=O)NCCN1c1ccccc1CNC1CC1. The van der Waals surface area contributed by atoms with Crippen LogP contribution in [-0.4, -0.2) is 30.6 Å². The second-order valence-electron chi connectivity index (χ2n) is 6.25. The number of anilines is 1. The van der Waals surface area contributed by atoms with Crippen molar-refractivity contribution in [3.63, 3.8) is 0 Å². The van der Waals surface area contributed by atoms with Crippen LogP contribution in [0, 0.1) is 0 Å². The maximum absolute atomic E-state index is 12.1. The van der Waals surface area contributed by atoms with Crippen LogP contribution in [0.4, 0.5) is 5.69 Å². The summed E-state index contributed by atoms with van der Waals surface area (Å²) in [6.45, 7) is 6.44. The van der Waals surface area contributed by atoms with Crippen molar-refractivity contribution in [1.29, 1.82) is 0 Å². The molecule has 1 saturated heterocycles. The van der Waals surface area contributed by atoms with Crippen LogP contribution in [0.1, 0.15) is 32.3 Å². The van der Waals surface area contributed by atoms with Gasteiger partial charge in [-0.15, -0.1) is 0 Å². The molecule has 1 aromatic carbocycles. The number of carbonyl (C=O) groups excluding carboxylic acids is 1. The molecule has 0 aromatic heterocycles. The number of piperazine rings is 1. The van der Waals surface area contributed by atoms with Gasteiger partial charge in [0.1, 0.15) is 5.54 Å². The number of hydrogen-bond donors (Lipinski definition) is 2. The first-order valence-corrected chi connectivity index (χ1v) is 7.46. The molecule has 20 heavy (non-hydrogen) atoms. The van der Waals surface area contributed by atoms with Gasteiger partial charge in [0.15, 0.2) is 0 Å². The smallest absolute Gasteiger partial charge is 0.245 e. The van der Waals surface area contributed by atoms with Crippen molar-refractivity contribution in [3.8, 4) is 0 Å². The number of nitrogens with zero attached hydrogens (tertiary/aromatic N) is 1. The van der Waals surface area contributed by atoms with Gasteiger partial charge >= 0.3 is 0 Å². The average Bonchev–Trinajstić information content (AvgIpc) is 3.24. The van der Waals surface area contributed by atoms with Crippen molar-refractivity contribution in [2.45, 2.75) is 44.8 Å². The molecular formula is C16H23N3O. The third-order valence-electron chi connectivity index (χ3n) is 4.29. The molecule has 4 heteroatoms. The Morgan fingerprint density at radius 3 is 2.85 bits per heavy atom. The second kappa shape index (κ2) is 5.09. The monoisotopic (exact) mass is 273 g/mol. The van der Waals surface area contributed by atoms with Gasteiger partial charge in [0.25, 0.3) is 0 Å². The van der Waals surface area contributed by atoms with Crippen LogP contribution in [0.15, 0.2) is 24.3 Å². The Hall–Kier alpha value is -1.55. The Bertz CT molecular complexity index is 508. The fourth-order valence-corrected chi connectivity index (χ4v) is 2.79. The van der Waals surface area contributed by atoms with Crippen LogP contribution in [0.3, 0.4) is 0 Å². The summed E-state index contributed by atoms with van der Waals surface area (Å²) in [7, 11) is 0. The van der Waals surface area contributed by atoms with Gasteiger partial charge in [-0.25, -0.2) is 0 Å². The van der Waals surface area contributed by atoms with E-state index in [1.807, 2.05) is 13.8 Å². The minimum Gasteiger partial charge on any atom is -0.355 e. The molecule has 1 heterocycles. The van der Waals surface area contributed by atoms with E-state index in [2.05, 4.69) is 39.8 Å². The van der Waals surface area contributed by atoms with E-state index in [0.29, 0.717) is 12.6 Å². The summed E-state index contributed by atoms with van der Waals surface area (Å²) >= 11 is 0. The van der Waals surface area contributed by atoms with Crippen molar-refractivity contribution in [3.05, 3.63) is 29.8 Å². The summed E-state index contributed by atoms with van der Waals surface area (Å²) in [6.07, 6.45) is 2.58. The number of amides is 1. The van der Waals surface area contributed by atoms with Gasteiger partial charge in [-0.3, -0.25) is 4.79 Å². The predicted octanol–water partition coefficient (Wildman–Crippen LogP) is 1.65. The first kappa shape index (κ1) is 13.4. The molecular weight excluding hydrogens is 250 g/mol. The summed E-state index contributed by atoms with van der Waals surface area (Å²) in [6, 6.07) is 9.11. The molecule has 1 aliphatic carbocycles. The molecule has 0 bridgehead atoms. The zero-order chi connectivity index (χ0) is 14.2. The minimum absolute atomic E-state index is 0.105. The lowest BCUT2D eigenvalue weighted by molar-refractivity contribution is -0.126. The highest BCUT2D eigenvalue weighted by atomic mass is 16.2. The number of rotatable bonds is 4. The van der Waals surface area contributed by atoms with Crippen LogP contribution < -0.4 is 15.5 Å². The quantitative estimate of drug-likeness (QED) is 0.877. The first-order chi connectivity index (χ1) is 9.59. The molecule has 1 saturated carbocycles. The van der Waals surface area contributed by atoms with Gasteiger partial charge in [-0.1, -0.05) is 18.2 Å². The van der Waals surface area contributed by atoms with E-state index in [4.69, 9.17) is 0 Å². The molecule has 0 atom stereocenters. The number of benzene rings is 1.